The summed E-state index contributed by atoms with van der Waals surface area (Å²) in [5.74, 6) is 0.500. The van der Waals surface area contributed by atoms with Crippen LogP contribution in [0.5, 0.6) is 5.75 Å². The highest BCUT2D eigenvalue weighted by molar-refractivity contribution is 7.90. The van der Waals surface area contributed by atoms with E-state index in [-0.39, 0.29) is 16.6 Å². The number of unbranched alkanes of at least 4 members (excludes halogenated alkanes) is 1. The molecule has 0 bridgehead atoms. The van der Waals surface area contributed by atoms with Crippen molar-refractivity contribution in [1.82, 2.24) is 4.57 Å². The molecule has 1 aromatic heterocycles. The molecule has 2 aromatic rings. The highest BCUT2D eigenvalue weighted by Gasteiger charge is 2.25. The monoisotopic (exact) mass is 390 g/mol. The van der Waals surface area contributed by atoms with Crippen molar-refractivity contribution in [3.63, 3.8) is 0 Å². The van der Waals surface area contributed by atoms with Crippen LogP contribution in [0.3, 0.4) is 0 Å². The van der Waals surface area contributed by atoms with Gasteiger partial charge in [0, 0.05) is 25.1 Å². The number of nitrogens with zero attached hydrogens (tertiary/aromatic N) is 1. The molecule has 0 amide bonds. The molecule has 1 N–H and O–H groups in total. The largest absolute Gasteiger partial charge is 0.486 e. The smallest absolute Gasteiger partial charge is 0.277 e. The van der Waals surface area contributed by atoms with Crippen molar-refractivity contribution in [3.05, 3.63) is 40.3 Å². The predicted octanol–water partition coefficient (Wildman–Crippen LogP) is 2.99. The van der Waals surface area contributed by atoms with Gasteiger partial charge in [-0.15, -0.1) is 0 Å². The maximum absolute atomic E-state index is 12.5. The van der Waals surface area contributed by atoms with Crippen LogP contribution < -0.4 is 15.6 Å². The molecule has 1 aliphatic rings. The van der Waals surface area contributed by atoms with E-state index in [2.05, 4.69) is 12.2 Å². The first-order chi connectivity index (χ1) is 12.7. The number of ether oxygens (including phenoxy) is 1. The van der Waals surface area contributed by atoms with E-state index in [1.807, 2.05) is 13.0 Å². The molecule has 7 heteroatoms. The fourth-order valence-electron chi connectivity index (χ4n) is 3.30. The first-order valence-electron chi connectivity index (χ1n) is 9.20. The Labute approximate surface area is 160 Å². The highest BCUT2D eigenvalue weighted by atomic mass is 32.2. The van der Waals surface area contributed by atoms with Crippen LogP contribution >= 0.6 is 0 Å². The third kappa shape index (κ3) is 3.88. The fourth-order valence-corrected chi connectivity index (χ4v) is 3.95. The van der Waals surface area contributed by atoms with Gasteiger partial charge < -0.3 is 14.6 Å². The van der Waals surface area contributed by atoms with E-state index in [9.17, 15) is 13.2 Å². The third-order valence-electron chi connectivity index (χ3n) is 4.81. The number of nitrogens with one attached hydrogen (secondary N) is 1. The van der Waals surface area contributed by atoms with Gasteiger partial charge in [-0.1, -0.05) is 19.4 Å². The molecule has 0 spiro atoms. The summed E-state index contributed by atoms with van der Waals surface area (Å²) in [6.07, 6.45) is 5.71. The summed E-state index contributed by atoms with van der Waals surface area (Å²) >= 11 is 0. The number of hydrogen-bond acceptors (Lipinski definition) is 5. The summed E-state index contributed by atoms with van der Waals surface area (Å²) in [7, 11) is -1.65. The molecule has 1 unspecified atom stereocenters. The Morgan fingerprint density at radius 2 is 2.04 bits per heavy atom. The van der Waals surface area contributed by atoms with Crippen LogP contribution in [-0.4, -0.2) is 31.9 Å². The number of anilines is 1. The molecular formula is C20H26N2O4S. The van der Waals surface area contributed by atoms with Gasteiger partial charge in [0.2, 0.25) is 0 Å². The minimum absolute atomic E-state index is 0.0828. The topological polar surface area (TPSA) is 77.4 Å². The molecule has 27 heavy (non-hydrogen) atoms. The van der Waals surface area contributed by atoms with Gasteiger partial charge in [-0.2, -0.15) is 0 Å². The second-order valence-electron chi connectivity index (χ2n) is 7.17. The van der Waals surface area contributed by atoms with Gasteiger partial charge in [0.15, 0.2) is 15.6 Å². The Bertz CT molecular complexity index is 1030. The van der Waals surface area contributed by atoms with Crippen molar-refractivity contribution in [2.24, 2.45) is 7.05 Å². The maximum Gasteiger partial charge on any atom is 0.277 e. The number of sulfone groups is 1. The fraction of sp³-hybridized carbons (Fsp3) is 0.450. The zero-order valence-corrected chi connectivity index (χ0v) is 17.0. The number of aryl methyl sites for hydroxylation is 2. The normalized spacial score (nSPS) is 16.4. The van der Waals surface area contributed by atoms with E-state index in [4.69, 9.17) is 4.74 Å². The lowest BCUT2D eigenvalue weighted by Crippen LogP contribution is -2.33. The van der Waals surface area contributed by atoms with E-state index < -0.39 is 9.84 Å². The standard InChI is InChI=1S/C20H26N2O4S/c1-5-6-7-14-8-9-15(27(4,24)25)10-16(14)17-12-22(3)20(23)18-19(17)26-13(2)11-21-18/h8-10,12-13,21H,5-7,11H2,1-4H3. The van der Waals surface area contributed by atoms with E-state index in [1.54, 1.807) is 25.4 Å². The van der Waals surface area contributed by atoms with E-state index in [1.165, 1.54) is 10.8 Å². The van der Waals surface area contributed by atoms with Crippen molar-refractivity contribution in [2.45, 2.75) is 44.1 Å². The summed E-state index contributed by atoms with van der Waals surface area (Å²) in [4.78, 5) is 12.8. The lowest BCUT2D eigenvalue weighted by Gasteiger charge is -2.27. The summed E-state index contributed by atoms with van der Waals surface area (Å²) in [6, 6.07) is 5.22. The van der Waals surface area contributed by atoms with Gasteiger partial charge in [-0.3, -0.25) is 4.79 Å². The lowest BCUT2D eigenvalue weighted by atomic mass is 9.96. The zero-order valence-electron chi connectivity index (χ0n) is 16.2. The number of benzene rings is 1. The third-order valence-corrected chi connectivity index (χ3v) is 5.92. The second kappa shape index (κ2) is 7.38. The highest BCUT2D eigenvalue weighted by Crippen LogP contribution is 2.39. The summed E-state index contributed by atoms with van der Waals surface area (Å²) in [5, 5.41) is 3.16. The summed E-state index contributed by atoms with van der Waals surface area (Å²) < 4.78 is 31.7. The average Bonchev–Trinajstić information content (AvgIpc) is 2.62. The molecule has 1 aliphatic heterocycles. The molecule has 2 heterocycles. The van der Waals surface area contributed by atoms with Gasteiger partial charge in [0.25, 0.3) is 5.56 Å². The van der Waals surface area contributed by atoms with Crippen LogP contribution in [0.1, 0.15) is 32.3 Å². The number of fused-ring (bicyclic) bond motifs is 1. The molecule has 146 valence electrons. The van der Waals surface area contributed by atoms with Crippen LogP contribution in [0.2, 0.25) is 0 Å². The molecule has 0 fully saturated rings. The molecule has 0 saturated carbocycles. The Hall–Kier alpha value is -2.28. The summed E-state index contributed by atoms with van der Waals surface area (Å²) in [5.41, 5.74) is 2.86. The molecule has 3 rings (SSSR count). The van der Waals surface area contributed by atoms with Crippen LogP contribution in [0.15, 0.2) is 34.1 Å². The maximum atomic E-state index is 12.5. The first kappa shape index (κ1) is 19.5. The van der Waals surface area contributed by atoms with Crippen LogP contribution in [0.25, 0.3) is 11.1 Å². The van der Waals surface area contributed by atoms with Gasteiger partial charge >= 0.3 is 0 Å². The second-order valence-corrected chi connectivity index (χ2v) is 9.18. The van der Waals surface area contributed by atoms with Crippen molar-refractivity contribution >= 4 is 15.5 Å². The predicted molar refractivity (Wildman–Crippen MR) is 107 cm³/mol. The van der Waals surface area contributed by atoms with Gasteiger partial charge in [0.1, 0.15) is 11.8 Å². The number of rotatable bonds is 5. The molecule has 1 aromatic carbocycles. The Balaban J connectivity index is 2.29. The minimum atomic E-state index is -3.35. The minimum Gasteiger partial charge on any atom is -0.486 e. The number of pyridine rings is 1. The summed E-state index contributed by atoms with van der Waals surface area (Å²) in [6.45, 7) is 4.60. The van der Waals surface area contributed by atoms with E-state index in [0.29, 0.717) is 18.0 Å². The average molecular weight is 391 g/mol. The first-order valence-corrected chi connectivity index (χ1v) is 11.1. The molecule has 0 saturated heterocycles. The quantitative estimate of drug-likeness (QED) is 0.849. The number of hydrogen-bond donors (Lipinski definition) is 1. The van der Waals surface area contributed by atoms with Crippen molar-refractivity contribution in [3.8, 4) is 16.9 Å². The van der Waals surface area contributed by atoms with Crippen molar-refractivity contribution in [2.75, 3.05) is 18.1 Å². The van der Waals surface area contributed by atoms with Gasteiger partial charge in [-0.05, 0) is 43.0 Å². The Morgan fingerprint density at radius 3 is 2.70 bits per heavy atom. The molecule has 0 radical (unpaired) electrons. The Morgan fingerprint density at radius 1 is 1.30 bits per heavy atom. The SMILES string of the molecule is CCCCc1ccc(S(C)(=O)=O)cc1-c1cn(C)c(=O)c2c1OC(C)CN2. The van der Waals surface area contributed by atoms with E-state index >= 15 is 0 Å². The number of aromatic nitrogens is 1. The molecule has 0 aliphatic carbocycles. The lowest BCUT2D eigenvalue weighted by molar-refractivity contribution is 0.226. The molecule has 1 atom stereocenters. The van der Waals surface area contributed by atoms with Crippen LogP contribution in [0, 0.1) is 0 Å². The van der Waals surface area contributed by atoms with Gasteiger partial charge in [0.05, 0.1) is 11.4 Å². The Kier molecular flexibility index (Phi) is 5.33. The van der Waals surface area contributed by atoms with Crippen LogP contribution in [0.4, 0.5) is 5.69 Å². The molecule has 6 nitrogen and oxygen atoms in total. The van der Waals surface area contributed by atoms with Crippen molar-refractivity contribution < 1.29 is 13.2 Å². The molecular weight excluding hydrogens is 364 g/mol. The van der Waals surface area contributed by atoms with Crippen molar-refractivity contribution in [1.29, 1.82) is 0 Å². The van der Waals surface area contributed by atoms with Gasteiger partial charge in [-0.25, -0.2) is 8.42 Å². The van der Waals surface area contributed by atoms with E-state index in [0.717, 1.165) is 36.0 Å². The van der Waals surface area contributed by atoms with Crippen LogP contribution in [-0.2, 0) is 23.3 Å². The zero-order chi connectivity index (χ0) is 19.8.